The number of hydrogen-bond acceptors (Lipinski definition) is 4. The fraction of sp³-hybridized carbons (Fsp3) is 0.100. The van der Waals surface area contributed by atoms with Crippen LogP contribution in [0.1, 0.15) is 4.88 Å². The van der Waals surface area contributed by atoms with Gasteiger partial charge in [-0.3, -0.25) is 0 Å². The summed E-state index contributed by atoms with van der Waals surface area (Å²) in [6.07, 6.45) is 1.70. The third-order valence-electron chi connectivity index (χ3n) is 2.01. The molecule has 0 unspecified atom stereocenters. The first-order chi connectivity index (χ1) is 8.06. The summed E-state index contributed by atoms with van der Waals surface area (Å²) in [4.78, 5) is 4.93. The first kappa shape index (κ1) is 12.8. The molecule has 0 fully saturated rings. The van der Waals surface area contributed by atoms with Crippen LogP contribution in [0.5, 0.6) is 5.75 Å². The van der Waals surface area contributed by atoms with Gasteiger partial charge in [0, 0.05) is 16.8 Å². The molecular weight excluding hydrogens is 303 g/mol. The SMILES string of the molecule is Oc1c(Cl)cc(NCc2cnc(Cl)s2)cc1Cl. The standard InChI is InChI=1S/C10H7Cl3N2OS/c11-7-1-5(2-8(12)9(7)16)14-3-6-4-15-10(13)17-6/h1-2,4,14,16H,3H2. The topological polar surface area (TPSA) is 45.1 Å². The number of anilines is 1. The lowest BCUT2D eigenvalue weighted by Gasteiger charge is -2.07. The molecule has 7 heteroatoms. The minimum absolute atomic E-state index is 0.111. The van der Waals surface area contributed by atoms with Gasteiger partial charge in [-0.05, 0) is 12.1 Å². The lowest BCUT2D eigenvalue weighted by molar-refractivity contribution is 0.476. The van der Waals surface area contributed by atoms with E-state index in [4.69, 9.17) is 34.8 Å². The Morgan fingerprint density at radius 3 is 2.41 bits per heavy atom. The Bertz CT molecular complexity index is 521. The number of hydrogen-bond donors (Lipinski definition) is 2. The largest absolute Gasteiger partial charge is 0.505 e. The number of phenols is 1. The zero-order chi connectivity index (χ0) is 12.4. The highest BCUT2D eigenvalue weighted by Gasteiger charge is 2.07. The number of benzene rings is 1. The van der Waals surface area contributed by atoms with Gasteiger partial charge in [0.25, 0.3) is 0 Å². The molecule has 0 atom stereocenters. The van der Waals surface area contributed by atoms with Crippen LogP contribution in [-0.4, -0.2) is 10.1 Å². The Balaban J connectivity index is 2.09. The zero-order valence-corrected chi connectivity index (χ0v) is 11.5. The number of rotatable bonds is 3. The maximum atomic E-state index is 9.40. The summed E-state index contributed by atoms with van der Waals surface area (Å²) < 4.78 is 0.503. The third kappa shape index (κ3) is 3.16. The second-order valence-corrected chi connectivity index (χ2v) is 5.73. The van der Waals surface area contributed by atoms with E-state index in [1.807, 2.05) is 0 Å². The van der Waals surface area contributed by atoms with Gasteiger partial charge in [0.15, 0.2) is 10.2 Å². The van der Waals surface area contributed by atoms with Crippen LogP contribution in [0.4, 0.5) is 5.69 Å². The van der Waals surface area contributed by atoms with Crippen LogP contribution in [-0.2, 0) is 6.54 Å². The van der Waals surface area contributed by atoms with E-state index in [0.29, 0.717) is 11.0 Å². The Morgan fingerprint density at radius 1 is 1.24 bits per heavy atom. The van der Waals surface area contributed by atoms with Gasteiger partial charge in [-0.25, -0.2) is 4.98 Å². The molecule has 1 heterocycles. The van der Waals surface area contributed by atoms with Gasteiger partial charge >= 0.3 is 0 Å². The lowest BCUT2D eigenvalue weighted by atomic mass is 10.3. The smallest absolute Gasteiger partial charge is 0.183 e. The molecule has 0 aliphatic rings. The molecule has 1 aromatic carbocycles. The molecule has 0 amide bonds. The number of thiazole rings is 1. The fourth-order valence-corrected chi connectivity index (χ4v) is 2.63. The highest BCUT2D eigenvalue weighted by molar-refractivity contribution is 7.15. The van der Waals surface area contributed by atoms with Crippen LogP contribution in [0.25, 0.3) is 0 Å². The predicted molar refractivity (Wildman–Crippen MR) is 72.6 cm³/mol. The summed E-state index contributed by atoms with van der Waals surface area (Å²) in [5.41, 5.74) is 0.724. The van der Waals surface area contributed by atoms with Crippen LogP contribution in [0.3, 0.4) is 0 Å². The van der Waals surface area contributed by atoms with Crippen LogP contribution in [0.2, 0.25) is 14.5 Å². The number of aromatic nitrogens is 1. The first-order valence-electron chi connectivity index (χ1n) is 4.58. The Hall–Kier alpha value is -0.680. The normalized spacial score (nSPS) is 10.5. The van der Waals surface area contributed by atoms with Crippen molar-refractivity contribution in [2.75, 3.05) is 5.32 Å². The summed E-state index contributed by atoms with van der Waals surface area (Å²) in [5, 5.41) is 12.9. The van der Waals surface area contributed by atoms with Crippen LogP contribution in [0, 0.1) is 0 Å². The Labute approximate surface area is 117 Å². The molecule has 17 heavy (non-hydrogen) atoms. The van der Waals surface area contributed by atoms with Gasteiger partial charge in [0.1, 0.15) is 0 Å². The molecule has 2 aromatic rings. The summed E-state index contributed by atoms with van der Waals surface area (Å²) in [5.74, 6) is -0.111. The number of nitrogens with one attached hydrogen (secondary N) is 1. The number of phenolic OH excluding ortho intramolecular Hbond substituents is 1. The zero-order valence-electron chi connectivity index (χ0n) is 8.38. The molecule has 2 N–H and O–H groups in total. The Kier molecular flexibility index (Phi) is 3.99. The first-order valence-corrected chi connectivity index (χ1v) is 6.53. The Morgan fingerprint density at radius 2 is 1.88 bits per heavy atom. The highest BCUT2D eigenvalue weighted by atomic mass is 35.5. The van der Waals surface area contributed by atoms with Gasteiger partial charge in [-0.2, -0.15) is 0 Å². The van der Waals surface area contributed by atoms with Crippen LogP contribution < -0.4 is 5.32 Å². The summed E-state index contributed by atoms with van der Waals surface area (Å²) in [6.45, 7) is 0.571. The summed E-state index contributed by atoms with van der Waals surface area (Å²) in [7, 11) is 0. The number of aromatic hydroxyl groups is 1. The third-order valence-corrected chi connectivity index (χ3v) is 3.70. The molecule has 3 nitrogen and oxygen atoms in total. The maximum absolute atomic E-state index is 9.40. The highest BCUT2D eigenvalue weighted by Crippen LogP contribution is 2.34. The van der Waals surface area contributed by atoms with Crippen molar-refractivity contribution >= 4 is 51.8 Å². The molecule has 2 rings (SSSR count). The molecule has 90 valence electrons. The number of nitrogens with zero attached hydrogens (tertiary/aromatic N) is 1. The van der Waals surface area contributed by atoms with Crippen molar-refractivity contribution in [3.63, 3.8) is 0 Å². The molecular formula is C10H7Cl3N2OS. The van der Waals surface area contributed by atoms with Gasteiger partial charge in [0.05, 0.1) is 16.6 Å². The van der Waals surface area contributed by atoms with Gasteiger partial charge in [-0.1, -0.05) is 34.8 Å². The summed E-state index contributed by atoms with van der Waals surface area (Å²) in [6, 6.07) is 3.21. The van der Waals surface area contributed by atoms with E-state index in [1.165, 1.54) is 11.3 Å². The van der Waals surface area contributed by atoms with E-state index in [9.17, 15) is 5.11 Å². The van der Waals surface area contributed by atoms with Crippen molar-refractivity contribution in [2.45, 2.75) is 6.54 Å². The van der Waals surface area contributed by atoms with Crippen molar-refractivity contribution in [2.24, 2.45) is 0 Å². The van der Waals surface area contributed by atoms with Crippen LogP contribution in [0.15, 0.2) is 18.3 Å². The van der Waals surface area contributed by atoms with Gasteiger partial charge in [-0.15, -0.1) is 11.3 Å². The minimum Gasteiger partial charge on any atom is -0.505 e. The molecule has 0 saturated carbocycles. The van der Waals surface area contributed by atoms with Gasteiger partial charge in [0.2, 0.25) is 0 Å². The van der Waals surface area contributed by atoms with E-state index in [1.54, 1.807) is 18.3 Å². The molecule has 0 aliphatic heterocycles. The van der Waals surface area contributed by atoms with E-state index in [0.717, 1.165) is 10.6 Å². The van der Waals surface area contributed by atoms with E-state index < -0.39 is 0 Å². The van der Waals surface area contributed by atoms with Gasteiger partial charge < -0.3 is 10.4 Å². The number of halogens is 3. The van der Waals surface area contributed by atoms with Crippen molar-refractivity contribution in [1.29, 1.82) is 0 Å². The monoisotopic (exact) mass is 308 g/mol. The van der Waals surface area contributed by atoms with Crippen molar-refractivity contribution < 1.29 is 5.11 Å². The second kappa shape index (κ2) is 5.31. The average molecular weight is 310 g/mol. The molecule has 1 aromatic heterocycles. The molecule has 0 saturated heterocycles. The van der Waals surface area contributed by atoms with Crippen LogP contribution >= 0.6 is 46.1 Å². The minimum atomic E-state index is -0.111. The summed E-state index contributed by atoms with van der Waals surface area (Å²) >= 11 is 18.7. The van der Waals surface area contributed by atoms with E-state index in [-0.39, 0.29) is 15.8 Å². The maximum Gasteiger partial charge on any atom is 0.183 e. The quantitative estimate of drug-likeness (QED) is 0.825. The second-order valence-electron chi connectivity index (χ2n) is 3.22. The van der Waals surface area contributed by atoms with E-state index >= 15 is 0 Å². The average Bonchev–Trinajstić information content (AvgIpc) is 2.69. The predicted octanol–water partition coefficient (Wildman–Crippen LogP) is 4.42. The fourth-order valence-electron chi connectivity index (χ4n) is 1.22. The van der Waals surface area contributed by atoms with Crippen molar-refractivity contribution in [1.82, 2.24) is 4.98 Å². The molecule has 0 bridgehead atoms. The molecule has 0 radical (unpaired) electrons. The van der Waals surface area contributed by atoms with E-state index in [2.05, 4.69) is 10.3 Å². The van der Waals surface area contributed by atoms with Crippen molar-refractivity contribution in [3.05, 3.63) is 37.7 Å². The molecule has 0 spiro atoms. The van der Waals surface area contributed by atoms with Crippen molar-refractivity contribution in [3.8, 4) is 5.75 Å². The molecule has 0 aliphatic carbocycles. The lowest BCUT2D eigenvalue weighted by Crippen LogP contribution is -1.97.